The van der Waals surface area contributed by atoms with Gasteiger partial charge in [0, 0.05) is 65.3 Å². The van der Waals surface area contributed by atoms with Crippen LogP contribution >= 0.6 is 0 Å². The van der Waals surface area contributed by atoms with Crippen LogP contribution in [-0.4, -0.2) is 79.6 Å². The van der Waals surface area contributed by atoms with E-state index in [0.29, 0.717) is 12.4 Å². The van der Waals surface area contributed by atoms with Gasteiger partial charge in [0.25, 0.3) is 6.01 Å². The molecule has 7 heteroatoms. The summed E-state index contributed by atoms with van der Waals surface area (Å²) in [5.74, 6) is 0.280. The first-order valence-electron chi connectivity index (χ1n) is 9.11. The molecular weight excluding hydrogens is 318 g/mol. The van der Waals surface area contributed by atoms with E-state index in [1.165, 1.54) is 0 Å². The van der Waals surface area contributed by atoms with Gasteiger partial charge in [0.2, 0.25) is 5.91 Å². The smallest absolute Gasteiger partial charge is 0.298 e. The molecule has 134 valence electrons. The van der Waals surface area contributed by atoms with E-state index in [0.717, 1.165) is 70.0 Å². The van der Waals surface area contributed by atoms with E-state index in [9.17, 15) is 4.79 Å². The van der Waals surface area contributed by atoms with Crippen LogP contribution in [0.15, 0.2) is 28.7 Å². The van der Waals surface area contributed by atoms with Crippen molar-refractivity contribution in [3.8, 4) is 0 Å². The molecule has 2 fully saturated rings. The number of carbonyl (C=O) groups is 1. The first kappa shape index (κ1) is 16.4. The number of nitrogens with zero attached hydrogens (tertiary/aromatic N) is 4. The number of para-hydroxylation sites is 2. The van der Waals surface area contributed by atoms with Crippen molar-refractivity contribution >= 4 is 23.0 Å². The highest BCUT2D eigenvalue weighted by atomic mass is 16.4. The van der Waals surface area contributed by atoms with E-state index in [1.54, 1.807) is 0 Å². The number of rotatable bonds is 4. The molecule has 0 radical (unpaired) electrons. The van der Waals surface area contributed by atoms with Gasteiger partial charge < -0.3 is 19.5 Å². The summed E-state index contributed by atoms with van der Waals surface area (Å²) in [6, 6.07) is 8.56. The molecule has 2 aliphatic rings. The third-order valence-corrected chi connectivity index (χ3v) is 5.04. The number of benzene rings is 1. The Hall–Kier alpha value is -2.12. The Kier molecular flexibility index (Phi) is 4.85. The number of anilines is 1. The maximum atomic E-state index is 12.3. The second kappa shape index (κ2) is 7.41. The Morgan fingerprint density at radius 3 is 2.60 bits per heavy atom. The fraction of sp³-hybridized carbons (Fsp3) is 0.556. The average Bonchev–Trinajstić information content (AvgIpc) is 3.11. The largest absolute Gasteiger partial charge is 0.423 e. The normalized spacial score (nSPS) is 19.5. The summed E-state index contributed by atoms with van der Waals surface area (Å²) in [5, 5.41) is 3.28. The zero-order valence-electron chi connectivity index (χ0n) is 14.5. The van der Waals surface area contributed by atoms with E-state index >= 15 is 0 Å². The van der Waals surface area contributed by atoms with Crippen molar-refractivity contribution in [3.05, 3.63) is 24.3 Å². The molecule has 4 rings (SSSR count). The standard InChI is InChI=1S/C18H25N5O2/c24-17(22-9-6-19-7-10-22)5-8-21-11-13-23(14-12-21)18-20-15-3-1-2-4-16(15)25-18/h1-4,19H,5-14H2. The summed E-state index contributed by atoms with van der Waals surface area (Å²) in [5.41, 5.74) is 1.74. The molecule has 1 aromatic carbocycles. The Morgan fingerprint density at radius 1 is 1.08 bits per heavy atom. The van der Waals surface area contributed by atoms with Gasteiger partial charge in [-0.25, -0.2) is 0 Å². The Bertz CT molecular complexity index is 684. The predicted molar refractivity (Wildman–Crippen MR) is 96.7 cm³/mol. The Balaban J connectivity index is 1.26. The molecule has 1 N–H and O–H groups in total. The lowest BCUT2D eigenvalue weighted by atomic mass is 10.2. The number of nitrogens with one attached hydrogen (secondary N) is 1. The van der Waals surface area contributed by atoms with Crippen molar-refractivity contribution in [2.45, 2.75) is 6.42 Å². The van der Waals surface area contributed by atoms with Gasteiger partial charge in [-0.15, -0.1) is 0 Å². The van der Waals surface area contributed by atoms with Crippen molar-refractivity contribution in [3.63, 3.8) is 0 Å². The molecule has 1 aromatic heterocycles. The van der Waals surface area contributed by atoms with Crippen LogP contribution < -0.4 is 10.2 Å². The van der Waals surface area contributed by atoms with Crippen LogP contribution in [0, 0.1) is 0 Å². The van der Waals surface area contributed by atoms with Crippen molar-refractivity contribution in [2.75, 3.05) is 63.8 Å². The maximum Gasteiger partial charge on any atom is 0.298 e. The van der Waals surface area contributed by atoms with Crippen LogP contribution in [0.25, 0.3) is 11.1 Å². The molecular formula is C18H25N5O2. The summed E-state index contributed by atoms with van der Waals surface area (Å²) in [7, 11) is 0. The third kappa shape index (κ3) is 3.77. The summed E-state index contributed by atoms with van der Waals surface area (Å²) in [4.78, 5) is 23.4. The van der Waals surface area contributed by atoms with Crippen LogP contribution in [0.5, 0.6) is 0 Å². The predicted octanol–water partition coefficient (Wildman–Crippen LogP) is 0.772. The lowest BCUT2D eigenvalue weighted by Gasteiger charge is -2.34. The highest BCUT2D eigenvalue weighted by Crippen LogP contribution is 2.22. The van der Waals surface area contributed by atoms with E-state index in [2.05, 4.69) is 20.1 Å². The molecule has 7 nitrogen and oxygen atoms in total. The van der Waals surface area contributed by atoms with Crippen LogP contribution in [0.3, 0.4) is 0 Å². The highest BCUT2D eigenvalue weighted by molar-refractivity contribution is 5.76. The summed E-state index contributed by atoms with van der Waals surface area (Å²) < 4.78 is 5.85. The second-order valence-electron chi connectivity index (χ2n) is 6.67. The van der Waals surface area contributed by atoms with Gasteiger partial charge in [0.1, 0.15) is 5.52 Å². The van der Waals surface area contributed by atoms with E-state index in [1.807, 2.05) is 29.2 Å². The van der Waals surface area contributed by atoms with Gasteiger partial charge in [-0.2, -0.15) is 4.98 Å². The monoisotopic (exact) mass is 343 g/mol. The number of hydrogen-bond acceptors (Lipinski definition) is 6. The van der Waals surface area contributed by atoms with Crippen molar-refractivity contribution < 1.29 is 9.21 Å². The molecule has 0 atom stereocenters. The zero-order valence-corrected chi connectivity index (χ0v) is 14.5. The molecule has 2 saturated heterocycles. The molecule has 0 unspecified atom stereocenters. The lowest BCUT2D eigenvalue weighted by molar-refractivity contribution is -0.132. The first-order chi connectivity index (χ1) is 12.3. The maximum absolute atomic E-state index is 12.3. The van der Waals surface area contributed by atoms with Gasteiger partial charge in [0.05, 0.1) is 0 Å². The zero-order chi connectivity index (χ0) is 17.1. The van der Waals surface area contributed by atoms with Gasteiger partial charge in [-0.1, -0.05) is 12.1 Å². The fourth-order valence-corrected chi connectivity index (χ4v) is 3.48. The number of piperazine rings is 2. The molecule has 0 spiro atoms. The number of amides is 1. The Labute approximate surface area is 147 Å². The summed E-state index contributed by atoms with van der Waals surface area (Å²) >= 11 is 0. The van der Waals surface area contributed by atoms with Crippen molar-refractivity contribution in [1.29, 1.82) is 0 Å². The van der Waals surface area contributed by atoms with Crippen molar-refractivity contribution in [1.82, 2.24) is 20.1 Å². The molecule has 2 aromatic rings. The third-order valence-electron chi connectivity index (χ3n) is 5.04. The number of carbonyl (C=O) groups excluding carboxylic acids is 1. The van der Waals surface area contributed by atoms with Crippen molar-refractivity contribution in [2.24, 2.45) is 0 Å². The van der Waals surface area contributed by atoms with Gasteiger partial charge >= 0.3 is 0 Å². The van der Waals surface area contributed by atoms with E-state index in [-0.39, 0.29) is 5.91 Å². The van der Waals surface area contributed by atoms with Crippen LogP contribution in [0.2, 0.25) is 0 Å². The van der Waals surface area contributed by atoms with Gasteiger partial charge in [0.15, 0.2) is 5.58 Å². The molecule has 0 aliphatic carbocycles. The number of hydrogen-bond donors (Lipinski definition) is 1. The molecule has 0 bridgehead atoms. The van der Waals surface area contributed by atoms with E-state index < -0.39 is 0 Å². The average molecular weight is 343 g/mol. The SMILES string of the molecule is O=C(CCN1CCN(c2nc3ccccc3o2)CC1)N1CCNCC1. The fourth-order valence-electron chi connectivity index (χ4n) is 3.48. The molecule has 1 amide bonds. The second-order valence-corrected chi connectivity index (χ2v) is 6.67. The van der Waals surface area contributed by atoms with E-state index in [4.69, 9.17) is 4.42 Å². The van der Waals surface area contributed by atoms with Gasteiger partial charge in [-0.3, -0.25) is 9.69 Å². The number of oxazole rings is 1. The molecule has 0 saturated carbocycles. The summed E-state index contributed by atoms with van der Waals surface area (Å²) in [6.45, 7) is 7.98. The van der Waals surface area contributed by atoms with Crippen LogP contribution in [0.1, 0.15) is 6.42 Å². The van der Waals surface area contributed by atoms with Gasteiger partial charge in [-0.05, 0) is 12.1 Å². The number of fused-ring (bicyclic) bond motifs is 1. The minimum absolute atomic E-state index is 0.280. The molecule has 3 heterocycles. The minimum atomic E-state index is 0.280. The van der Waals surface area contributed by atoms with Crippen LogP contribution in [0.4, 0.5) is 6.01 Å². The molecule has 2 aliphatic heterocycles. The number of aromatic nitrogens is 1. The summed E-state index contributed by atoms with van der Waals surface area (Å²) in [6.07, 6.45) is 0.614. The Morgan fingerprint density at radius 2 is 1.84 bits per heavy atom. The quantitative estimate of drug-likeness (QED) is 0.885. The topological polar surface area (TPSA) is 64.9 Å². The lowest BCUT2D eigenvalue weighted by Crippen LogP contribution is -2.49. The minimum Gasteiger partial charge on any atom is -0.423 e. The molecule has 25 heavy (non-hydrogen) atoms. The van der Waals surface area contributed by atoms with Crippen LogP contribution in [-0.2, 0) is 4.79 Å². The highest BCUT2D eigenvalue weighted by Gasteiger charge is 2.22. The first-order valence-corrected chi connectivity index (χ1v) is 9.11.